The highest BCUT2D eigenvalue weighted by Gasteiger charge is 2.25. The standard InChI is InChI=1S/C12H21N5/c1-10-3-5-11(6-4-10)12(9-13)15-7-2-8-16-17-14/h10-12,15H,2-8H2,1H3. The molecule has 1 aliphatic rings. The Morgan fingerprint density at radius 3 is 2.76 bits per heavy atom. The van der Waals surface area contributed by atoms with Crippen molar-refractivity contribution in [1.29, 1.82) is 5.26 Å². The fourth-order valence-electron chi connectivity index (χ4n) is 2.39. The van der Waals surface area contributed by atoms with E-state index in [4.69, 9.17) is 10.8 Å². The van der Waals surface area contributed by atoms with Crippen LogP contribution in [0.1, 0.15) is 39.0 Å². The number of nitrogens with zero attached hydrogens (tertiary/aromatic N) is 4. The van der Waals surface area contributed by atoms with Crippen molar-refractivity contribution in [2.45, 2.75) is 45.1 Å². The molecule has 5 heteroatoms. The fraction of sp³-hybridized carbons (Fsp3) is 0.917. The monoisotopic (exact) mass is 235 g/mol. The summed E-state index contributed by atoms with van der Waals surface area (Å²) >= 11 is 0. The number of nitrogens with one attached hydrogen (secondary N) is 1. The van der Waals surface area contributed by atoms with Crippen LogP contribution in [0, 0.1) is 23.2 Å². The SMILES string of the molecule is CC1CCC(C(C#N)NCCCN=[N+]=[N-])CC1. The van der Waals surface area contributed by atoms with Crippen LogP contribution >= 0.6 is 0 Å². The van der Waals surface area contributed by atoms with E-state index in [0.29, 0.717) is 12.5 Å². The summed E-state index contributed by atoms with van der Waals surface area (Å²) in [5.41, 5.74) is 8.14. The van der Waals surface area contributed by atoms with Crippen molar-refractivity contribution in [3.63, 3.8) is 0 Å². The Kier molecular flexibility index (Phi) is 6.46. The third-order valence-corrected chi connectivity index (χ3v) is 3.53. The quantitative estimate of drug-likeness (QED) is 0.332. The van der Waals surface area contributed by atoms with E-state index < -0.39 is 0 Å². The first-order valence-corrected chi connectivity index (χ1v) is 6.41. The third kappa shape index (κ3) is 5.08. The van der Waals surface area contributed by atoms with Crippen LogP contribution in [0.5, 0.6) is 0 Å². The van der Waals surface area contributed by atoms with E-state index in [9.17, 15) is 0 Å². The first kappa shape index (κ1) is 13.8. The Labute approximate surface area is 103 Å². The fourth-order valence-corrected chi connectivity index (χ4v) is 2.39. The Morgan fingerprint density at radius 1 is 1.47 bits per heavy atom. The van der Waals surface area contributed by atoms with Gasteiger partial charge in [-0.1, -0.05) is 24.9 Å². The van der Waals surface area contributed by atoms with E-state index in [1.165, 1.54) is 12.8 Å². The molecule has 0 amide bonds. The van der Waals surface area contributed by atoms with Crippen molar-refractivity contribution < 1.29 is 0 Å². The minimum atomic E-state index is -0.0337. The van der Waals surface area contributed by atoms with E-state index >= 15 is 0 Å². The molecule has 1 atom stereocenters. The normalized spacial score (nSPS) is 25.6. The van der Waals surface area contributed by atoms with Crippen molar-refractivity contribution in [2.24, 2.45) is 17.0 Å². The molecule has 94 valence electrons. The average Bonchev–Trinajstić information content (AvgIpc) is 2.35. The van der Waals surface area contributed by atoms with Crippen LogP contribution in [0.4, 0.5) is 0 Å². The van der Waals surface area contributed by atoms with Crippen LogP contribution in [0.3, 0.4) is 0 Å². The zero-order chi connectivity index (χ0) is 12.5. The predicted molar refractivity (Wildman–Crippen MR) is 67.2 cm³/mol. The second-order valence-electron chi connectivity index (χ2n) is 4.89. The highest BCUT2D eigenvalue weighted by Crippen LogP contribution is 2.30. The number of hydrogen-bond donors (Lipinski definition) is 1. The van der Waals surface area contributed by atoms with E-state index in [-0.39, 0.29) is 6.04 Å². The predicted octanol–water partition coefficient (Wildman–Crippen LogP) is 2.99. The summed E-state index contributed by atoms with van der Waals surface area (Å²) in [5, 5.41) is 15.9. The molecule has 0 heterocycles. The molecule has 1 rings (SSSR count). The van der Waals surface area contributed by atoms with Gasteiger partial charge in [-0.3, -0.25) is 0 Å². The van der Waals surface area contributed by atoms with Gasteiger partial charge in [0.2, 0.25) is 0 Å². The highest BCUT2D eigenvalue weighted by molar-refractivity contribution is 4.96. The van der Waals surface area contributed by atoms with E-state index in [1.54, 1.807) is 0 Å². The maximum atomic E-state index is 9.15. The van der Waals surface area contributed by atoms with Gasteiger partial charge in [0.15, 0.2) is 0 Å². The molecular formula is C12H21N5. The zero-order valence-electron chi connectivity index (χ0n) is 10.5. The Hall–Kier alpha value is -1.24. The van der Waals surface area contributed by atoms with Crippen molar-refractivity contribution in [3.05, 3.63) is 10.4 Å². The molecule has 1 fully saturated rings. The smallest absolute Gasteiger partial charge is 0.0981 e. The molecule has 0 radical (unpaired) electrons. The number of hydrogen-bond acceptors (Lipinski definition) is 3. The molecule has 0 spiro atoms. The molecule has 1 N–H and O–H groups in total. The molecule has 0 aromatic carbocycles. The van der Waals surface area contributed by atoms with Crippen molar-refractivity contribution >= 4 is 0 Å². The van der Waals surface area contributed by atoms with Gasteiger partial charge in [0.1, 0.15) is 0 Å². The van der Waals surface area contributed by atoms with Crippen LogP contribution in [-0.2, 0) is 0 Å². The second kappa shape index (κ2) is 7.94. The van der Waals surface area contributed by atoms with E-state index in [2.05, 4.69) is 28.3 Å². The first-order valence-electron chi connectivity index (χ1n) is 6.41. The maximum Gasteiger partial charge on any atom is 0.0981 e. The van der Waals surface area contributed by atoms with Crippen LogP contribution in [-0.4, -0.2) is 19.1 Å². The number of azide groups is 1. The zero-order valence-corrected chi connectivity index (χ0v) is 10.5. The molecule has 1 saturated carbocycles. The molecule has 0 aromatic heterocycles. The first-order chi connectivity index (χ1) is 8.27. The van der Waals surface area contributed by atoms with Gasteiger partial charge in [0.25, 0.3) is 0 Å². The lowest BCUT2D eigenvalue weighted by Crippen LogP contribution is -2.37. The van der Waals surface area contributed by atoms with Crippen LogP contribution in [0.15, 0.2) is 5.11 Å². The van der Waals surface area contributed by atoms with Crippen LogP contribution < -0.4 is 5.32 Å². The van der Waals surface area contributed by atoms with Gasteiger partial charge >= 0.3 is 0 Å². The third-order valence-electron chi connectivity index (χ3n) is 3.53. The molecule has 0 bridgehead atoms. The Morgan fingerprint density at radius 2 is 2.18 bits per heavy atom. The van der Waals surface area contributed by atoms with Gasteiger partial charge in [-0.05, 0) is 43.2 Å². The summed E-state index contributed by atoms with van der Waals surface area (Å²) in [6.07, 6.45) is 5.59. The summed E-state index contributed by atoms with van der Waals surface area (Å²) in [6, 6.07) is 2.33. The summed E-state index contributed by atoms with van der Waals surface area (Å²) in [5.74, 6) is 1.31. The van der Waals surface area contributed by atoms with Gasteiger partial charge < -0.3 is 5.32 Å². The Bertz CT molecular complexity index is 295. The lowest BCUT2D eigenvalue weighted by atomic mass is 9.79. The lowest BCUT2D eigenvalue weighted by molar-refractivity contribution is 0.256. The lowest BCUT2D eigenvalue weighted by Gasteiger charge is -2.29. The molecule has 1 aliphatic carbocycles. The van der Waals surface area contributed by atoms with Gasteiger partial charge in [-0.15, -0.1) is 0 Å². The summed E-state index contributed by atoms with van der Waals surface area (Å²) < 4.78 is 0. The van der Waals surface area contributed by atoms with Gasteiger partial charge in [0, 0.05) is 11.5 Å². The number of nitriles is 1. The average molecular weight is 235 g/mol. The summed E-state index contributed by atoms with van der Waals surface area (Å²) in [7, 11) is 0. The Balaban J connectivity index is 2.24. The van der Waals surface area contributed by atoms with Gasteiger partial charge in [-0.25, -0.2) is 0 Å². The van der Waals surface area contributed by atoms with E-state index in [0.717, 1.165) is 31.7 Å². The molecule has 0 saturated heterocycles. The minimum absolute atomic E-state index is 0.0337. The number of rotatable bonds is 6. The van der Waals surface area contributed by atoms with Crippen molar-refractivity contribution in [2.75, 3.05) is 13.1 Å². The molecule has 0 aliphatic heterocycles. The van der Waals surface area contributed by atoms with Crippen molar-refractivity contribution in [3.8, 4) is 6.07 Å². The summed E-state index contributed by atoms with van der Waals surface area (Å²) in [4.78, 5) is 2.70. The molecular weight excluding hydrogens is 214 g/mol. The molecule has 0 aromatic rings. The van der Waals surface area contributed by atoms with Crippen LogP contribution in [0.25, 0.3) is 10.4 Å². The minimum Gasteiger partial charge on any atom is -0.302 e. The van der Waals surface area contributed by atoms with Crippen LogP contribution in [0.2, 0.25) is 0 Å². The topological polar surface area (TPSA) is 84.6 Å². The molecule has 17 heavy (non-hydrogen) atoms. The second-order valence-corrected chi connectivity index (χ2v) is 4.89. The van der Waals surface area contributed by atoms with Crippen molar-refractivity contribution in [1.82, 2.24) is 5.32 Å². The van der Waals surface area contributed by atoms with Gasteiger partial charge in [0.05, 0.1) is 12.1 Å². The maximum absolute atomic E-state index is 9.15. The molecule has 1 unspecified atom stereocenters. The largest absolute Gasteiger partial charge is 0.302 e. The summed E-state index contributed by atoms with van der Waals surface area (Å²) in [6.45, 7) is 3.54. The molecule has 5 nitrogen and oxygen atoms in total. The van der Waals surface area contributed by atoms with E-state index in [1.807, 2.05) is 0 Å². The van der Waals surface area contributed by atoms with Gasteiger partial charge in [-0.2, -0.15) is 5.26 Å². The highest BCUT2D eigenvalue weighted by atomic mass is 15.1.